The lowest BCUT2D eigenvalue weighted by molar-refractivity contribution is 0.569. The number of anilines is 6. The maximum Gasteiger partial charge on any atom is 0.139 e. The van der Waals surface area contributed by atoms with Crippen LogP contribution >= 0.6 is 15.9 Å². The van der Waals surface area contributed by atoms with Crippen LogP contribution in [0.4, 0.5) is 34.1 Å². The average Bonchev–Trinajstić information content (AvgIpc) is 3.67. The molecule has 0 radical (unpaired) electrons. The number of furan rings is 1. The van der Waals surface area contributed by atoms with E-state index in [0.29, 0.717) is 0 Å². The predicted octanol–water partition coefficient (Wildman–Crippen LogP) is 19.8. The van der Waals surface area contributed by atoms with E-state index >= 15 is 0 Å². The third-order valence-electron chi connectivity index (χ3n) is 13.3. The standard InChI is InChI=1S/C64H65BrN2O/c1-61(2,3)45-26-30-50(31-27-45)66(51-32-28-46(29-33-51)62(4,5)6)57-40-53(41-59-60(57)55-23-17-19-25-58(55)68-59)67(56-24-18-16-22-54(56)42-20-14-13-15-21-42)52-37-44(36-49(65)39-52)43-34-47(63(7,8)9)38-48(35-43)64(10,11)12/h13-41H,1-12H3. The molecular formula is C64H65BrN2O. The molecule has 0 aliphatic carbocycles. The quantitative estimate of drug-likeness (QED) is 0.151. The molecule has 0 saturated heterocycles. The van der Waals surface area contributed by atoms with E-state index in [-0.39, 0.29) is 21.7 Å². The van der Waals surface area contributed by atoms with E-state index in [1.165, 1.54) is 27.8 Å². The number of nitrogens with zero attached hydrogens (tertiary/aromatic N) is 2. The van der Waals surface area contributed by atoms with Crippen LogP contribution in [0.1, 0.15) is 105 Å². The summed E-state index contributed by atoms with van der Waals surface area (Å²) < 4.78 is 7.96. The molecule has 0 spiro atoms. The summed E-state index contributed by atoms with van der Waals surface area (Å²) >= 11 is 4.05. The van der Waals surface area contributed by atoms with Crippen molar-refractivity contribution < 1.29 is 4.42 Å². The molecule has 1 heterocycles. The zero-order valence-electron chi connectivity index (χ0n) is 41.9. The Balaban J connectivity index is 1.36. The van der Waals surface area contributed by atoms with E-state index < -0.39 is 0 Å². The average molecular weight is 958 g/mol. The molecule has 0 N–H and O–H groups in total. The molecule has 344 valence electrons. The highest BCUT2D eigenvalue weighted by Crippen LogP contribution is 2.50. The first-order chi connectivity index (χ1) is 32.1. The van der Waals surface area contributed by atoms with E-state index in [1.807, 2.05) is 0 Å². The van der Waals surface area contributed by atoms with Gasteiger partial charge in [0.05, 0.1) is 22.4 Å². The number of hydrogen-bond donors (Lipinski definition) is 0. The van der Waals surface area contributed by atoms with Gasteiger partial charge in [0.1, 0.15) is 11.2 Å². The molecule has 8 aromatic carbocycles. The molecule has 0 unspecified atom stereocenters. The van der Waals surface area contributed by atoms with Crippen molar-refractivity contribution in [2.45, 2.75) is 105 Å². The molecule has 0 saturated carbocycles. The second-order valence-electron chi connectivity index (χ2n) is 22.6. The topological polar surface area (TPSA) is 19.6 Å². The number of hydrogen-bond acceptors (Lipinski definition) is 3. The lowest BCUT2D eigenvalue weighted by atomic mass is 9.79. The molecule has 9 aromatic rings. The number of fused-ring (bicyclic) bond motifs is 3. The molecule has 0 amide bonds. The molecule has 68 heavy (non-hydrogen) atoms. The number of benzene rings is 8. The van der Waals surface area contributed by atoms with Gasteiger partial charge in [-0.05, 0) is 121 Å². The van der Waals surface area contributed by atoms with Crippen LogP contribution in [0, 0.1) is 0 Å². The molecule has 0 fully saturated rings. The zero-order chi connectivity index (χ0) is 48.3. The third-order valence-corrected chi connectivity index (χ3v) is 13.8. The van der Waals surface area contributed by atoms with Gasteiger partial charge in [-0.15, -0.1) is 0 Å². The van der Waals surface area contributed by atoms with Crippen LogP contribution < -0.4 is 9.80 Å². The van der Waals surface area contributed by atoms with Gasteiger partial charge in [-0.2, -0.15) is 0 Å². The monoisotopic (exact) mass is 956 g/mol. The summed E-state index contributed by atoms with van der Waals surface area (Å²) in [7, 11) is 0. The molecule has 3 nitrogen and oxygen atoms in total. The first-order valence-electron chi connectivity index (χ1n) is 24.0. The third kappa shape index (κ3) is 9.41. The van der Waals surface area contributed by atoms with Crippen molar-refractivity contribution in [1.82, 2.24) is 0 Å². The fourth-order valence-electron chi connectivity index (χ4n) is 9.26. The van der Waals surface area contributed by atoms with Crippen LogP contribution in [-0.2, 0) is 21.7 Å². The second-order valence-corrected chi connectivity index (χ2v) is 23.5. The summed E-state index contributed by atoms with van der Waals surface area (Å²) in [5, 5.41) is 2.13. The van der Waals surface area contributed by atoms with Crippen LogP contribution in [-0.4, -0.2) is 0 Å². The van der Waals surface area contributed by atoms with Crippen molar-refractivity contribution in [2.75, 3.05) is 9.80 Å². The van der Waals surface area contributed by atoms with Crippen LogP contribution in [0.3, 0.4) is 0 Å². The van der Waals surface area contributed by atoms with E-state index in [0.717, 1.165) is 77.2 Å². The molecular weight excluding hydrogens is 893 g/mol. The minimum atomic E-state index is -0.0318. The summed E-state index contributed by atoms with van der Waals surface area (Å²) in [6.45, 7) is 27.5. The summed E-state index contributed by atoms with van der Waals surface area (Å²) in [4.78, 5) is 4.85. The van der Waals surface area contributed by atoms with Gasteiger partial charge in [0.25, 0.3) is 0 Å². The normalized spacial score (nSPS) is 12.5. The van der Waals surface area contributed by atoms with Gasteiger partial charge in [0, 0.05) is 38.6 Å². The van der Waals surface area contributed by atoms with Crippen LogP contribution in [0.15, 0.2) is 185 Å². The van der Waals surface area contributed by atoms with Gasteiger partial charge < -0.3 is 14.2 Å². The lowest BCUT2D eigenvalue weighted by Crippen LogP contribution is -2.16. The Morgan fingerprint density at radius 2 is 0.838 bits per heavy atom. The highest BCUT2D eigenvalue weighted by atomic mass is 79.9. The Labute approximate surface area is 413 Å². The Morgan fingerprint density at radius 1 is 0.353 bits per heavy atom. The maximum atomic E-state index is 6.96. The lowest BCUT2D eigenvalue weighted by Gasteiger charge is -2.32. The van der Waals surface area contributed by atoms with Crippen LogP contribution in [0.2, 0.25) is 0 Å². The maximum absolute atomic E-state index is 6.96. The SMILES string of the molecule is CC(C)(C)c1ccc(N(c2ccc(C(C)(C)C)cc2)c2cc(N(c3cc(Br)cc(-c4cc(C(C)(C)C)cc(C(C)(C)C)c4)c3)c3ccccc3-c3ccccc3)cc3oc4ccccc4c23)cc1. The van der Waals surface area contributed by atoms with Crippen molar-refractivity contribution in [1.29, 1.82) is 0 Å². The fraction of sp³-hybridized carbons (Fsp3) is 0.250. The summed E-state index contributed by atoms with van der Waals surface area (Å²) in [5.41, 5.74) is 17.6. The summed E-state index contributed by atoms with van der Waals surface area (Å²) in [6.07, 6.45) is 0. The van der Waals surface area contributed by atoms with E-state index in [9.17, 15) is 0 Å². The highest BCUT2D eigenvalue weighted by Gasteiger charge is 2.27. The number of rotatable bonds is 8. The van der Waals surface area contributed by atoms with Gasteiger partial charge in [0.2, 0.25) is 0 Å². The smallest absolute Gasteiger partial charge is 0.139 e. The van der Waals surface area contributed by atoms with E-state index in [1.54, 1.807) is 0 Å². The highest BCUT2D eigenvalue weighted by molar-refractivity contribution is 9.10. The fourth-order valence-corrected chi connectivity index (χ4v) is 9.74. The minimum absolute atomic E-state index is 0.00346. The molecule has 0 bridgehead atoms. The van der Waals surface area contributed by atoms with Crippen LogP contribution in [0.25, 0.3) is 44.2 Å². The molecule has 0 atom stereocenters. The van der Waals surface area contributed by atoms with Crippen molar-refractivity contribution in [2.24, 2.45) is 0 Å². The summed E-state index contributed by atoms with van der Waals surface area (Å²) in [5.74, 6) is 0. The largest absolute Gasteiger partial charge is 0.456 e. The Bertz CT molecular complexity index is 3170. The second kappa shape index (κ2) is 17.6. The zero-order valence-corrected chi connectivity index (χ0v) is 43.5. The van der Waals surface area contributed by atoms with Crippen molar-refractivity contribution >= 4 is 72.0 Å². The van der Waals surface area contributed by atoms with Crippen molar-refractivity contribution in [3.05, 3.63) is 203 Å². The number of para-hydroxylation sites is 2. The van der Waals surface area contributed by atoms with E-state index in [2.05, 4.69) is 285 Å². The molecule has 4 heteroatoms. The van der Waals surface area contributed by atoms with Gasteiger partial charge in [-0.3, -0.25) is 0 Å². The summed E-state index contributed by atoms with van der Waals surface area (Å²) in [6, 6.07) is 64.8. The molecule has 9 rings (SSSR count). The first-order valence-corrected chi connectivity index (χ1v) is 24.8. The van der Waals surface area contributed by atoms with Crippen molar-refractivity contribution in [3.63, 3.8) is 0 Å². The Morgan fingerprint density at radius 3 is 1.41 bits per heavy atom. The van der Waals surface area contributed by atoms with Crippen LogP contribution in [0.5, 0.6) is 0 Å². The van der Waals surface area contributed by atoms with Gasteiger partial charge in [-0.25, -0.2) is 0 Å². The number of halogens is 1. The van der Waals surface area contributed by atoms with E-state index in [4.69, 9.17) is 4.42 Å². The Hall–Kier alpha value is -6.36. The van der Waals surface area contributed by atoms with Gasteiger partial charge in [-0.1, -0.05) is 208 Å². The Kier molecular flexibility index (Phi) is 12.1. The first kappa shape index (κ1) is 46.7. The van der Waals surface area contributed by atoms with Crippen molar-refractivity contribution in [3.8, 4) is 22.3 Å². The predicted molar refractivity (Wildman–Crippen MR) is 296 cm³/mol. The minimum Gasteiger partial charge on any atom is -0.456 e. The molecule has 0 aliphatic rings. The van der Waals surface area contributed by atoms with Gasteiger partial charge in [0.15, 0.2) is 0 Å². The molecule has 0 aliphatic heterocycles. The van der Waals surface area contributed by atoms with Gasteiger partial charge >= 0.3 is 0 Å². The molecule has 1 aromatic heterocycles.